The molecule has 10 nitrogen and oxygen atoms in total. The molecule has 1 aliphatic rings. The number of hydrogen-bond donors (Lipinski definition) is 2. The summed E-state index contributed by atoms with van der Waals surface area (Å²) in [4.78, 5) is 49.9. The number of esters is 1. The van der Waals surface area contributed by atoms with Gasteiger partial charge in [-0.05, 0) is 36.8 Å². The molecular weight excluding hydrogens is 462 g/mol. The minimum atomic E-state index is -3.26. The molecule has 0 aromatic heterocycles. The van der Waals surface area contributed by atoms with Gasteiger partial charge >= 0.3 is 5.97 Å². The number of nitrogens with one attached hydrogen (secondary N) is 2. The molecule has 3 amide bonds. The van der Waals surface area contributed by atoms with E-state index >= 15 is 0 Å². The first-order chi connectivity index (χ1) is 16.0. The molecule has 1 aliphatic heterocycles. The Morgan fingerprint density at radius 1 is 0.971 bits per heavy atom. The summed E-state index contributed by atoms with van der Waals surface area (Å²) in [7, 11) is -3.26. The van der Waals surface area contributed by atoms with E-state index in [4.69, 9.17) is 4.74 Å². The maximum atomic E-state index is 13.0. The molecule has 0 radical (unpaired) electrons. The number of rotatable bonds is 7. The Morgan fingerprint density at radius 2 is 1.56 bits per heavy atom. The number of hydrogen-bond acceptors (Lipinski definition) is 7. The fourth-order valence-corrected chi connectivity index (χ4v) is 5.40. The molecule has 3 rings (SSSR count). The van der Waals surface area contributed by atoms with Crippen molar-refractivity contribution in [2.75, 3.05) is 33.6 Å². The minimum Gasteiger partial charge on any atom is -0.452 e. The molecule has 2 aromatic carbocycles. The topological polar surface area (TPSA) is 139 Å². The standard InChI is InChI=1S/C23H25N3O7S/c1-15(27)24-18-10-17(11-19(12-18)25-16(2)28)23(30)33-13-22(29)26(20-6-4-3-5-7-20)21-8-9-34(31,32)14-21/h3-7,10-12,21H,8-9,13-14H2,1-2H3,(H,24,27)(H,25,28)/t21-/m1/s1. The number of amides is 3. The van der Waals surface area contributed by atoms with E-state index in [9.17, 15) is 27.6 Å². The SMILES string of the molecule is CC(=O)Nc1cc(NC(C)=O)cc(C(=O)OCC(=O)N(c2ccccc2)[C@@H]2CCS(=O)(=O)C2)c1. The molecule has 11 heteroatoms. The van der Waals surface area contributed by atoms with Crippen LogP contribution >= 0.6 is 0 Å². The molecule has 0 spiro atoms. The first kappa shape index (κ1) is 24.9. The van der Waals surface area contributed by atoms with E-state index in [1.807, 2.05) is 0 Å². The molecule has 2 N–H and O–H groups in total. The molecule has 0 aliphatic carbocycles. The summed E-state index contributed by atoms with van der Waals surface area (Å²) in [6.45, 7) is 1.97. The average Bonchev–Trinajstić information content (AvgIpc) is 3.10. The zero-order valence-electron chi connectivity index (χ0n) is 18.7. The highest BCUT2D eigenvalue weighted by molar-refractivity contribution is 7.91. The lowest BCUT2D eigenvalue weighted by Gasteiger charge is -2.28. The van der Waals surface area contributed by atoms with E-state index in [0.29, 0.717) is 5.69 Å². The van der Waals surface area contributed by atoms with Gasteiger partial charge in [0.2, 0.25) is 11.8 Å². The van der Waals surface area contributed by atoms with Gasteiger partial charge in [-0.15, -0.1) is 0 Å². The Kier molecular flexibility index (Phi) is 7.67. The van der Waals surface area contributed by atoms with Gasteiger partial charge < -0.3 is 20.3 Å². The number of nitrogens with zero attached hydrogens (tertiary/aromatic N) is 1. The number of carbonyl (C=O) groups excluding carboxylic acids is 4. The van der Waals surface area contributed by atoms with Crippen LogP contribution in [-0.2, 0) is 29.0 Å². The smallest absolute Gasteiger partial charge is 0.338 e. The van der Waals surface area contributed by atoms with Gasteiger partial charge in [-0.1, -0.05) is 18.2 Å². The van der Waals surface area contributed by atoms with Crippen molar-refractivity contribution in [2.24, 2.45) is 0 Å². The third-order valence-corrected chi connectivity index (χ3v) is 6.76. The van der Waals surface area contributed by atoms with E-state index in [1.165, 1.54) is 36.9 Å². The fourth-order valence-electron chi connectivity index (χ4n) is 3.70. The maximum Gasteiger partial charge on any atom is 0.338 e. The van der Waals surface area contributed by atoms with Crippen molar-refractivity contribution < 1.29 is 32.3 Å². The second kappa shape index (κ2) is 10.5. The van der Waals surface area contributed by atoms with Crippen LogP contribution in [0.25, 0.3) is 0 Å². The lowest BCUT2D eigenvalue weighted by molar-refractivity contribution is -0.122. The quantitative estimate of drug-likeness (QED) is 0.569. The molecule has 1 fully saturated rings. The summed E-state index contributed by atoms with van der Waals surface area (Å²) in [6, 6.07) is 12.2. The Balaban J connectivity index is 1.78. The highest BCUT2D eigenvalue weighted by Gasteiger charge is 2.35. The number of para-hydroxylation sites is 1. The Hall–Kier alpha value is -3.73. The summed E-state index contributed by atoms with van der Waals surface area (Å²) in [5.41, 5.74) is 1.04. The van der Waals surface area contributed by atoms with Gasteiger partial charge in [0.1, 0.15) is 0 Å². The van der Waals surface area contributed by atoms with Crippen LogP contribution in [0.15, 0.2) is 48.5 Å². The third-order valence-electron chi connectivity index (χ3n) is 5.01. The van der Waals surface area contributed by atoms with E-state index in [1.54, 1.807) is 30.3 Å². The van der Waals surface area contributed by atoms with Crippen LogP contribution in [0, 0.1) is 0 Å². The Morgan fingerprint density at radius 3 is 2.06 bits per heavy atom. The molecule has 0 unspecified atom stereocenters. The Labute approximate surface area is 197 Å². The molecule has 1 atom stereocenters. The van der Waals surface area contributed by atoms with Crippen LogP contribution in [0.2, 0.25) is 0 Å². The monoisotopic (exact) mass is 487 g/mol. The molecule has 2 aromatic rings. The molecule has 0 bridgehead atoms. The van der Waals surface area contributed by atoms with E-state index in [2.05, 4.69) is 10.6 Å². The number of sulfone groups is 1. The van der Waals surface area contributed by atoms with E-state index < -0.39 is 34.4 Å². The van der Waals surface area contributed by atoms with Crippen LogP contribution in [0.3, 0.4) is 0 Å². The highest BCUT2D eigenvalue weighted by atomic mass is 32.2. The summed E-state index contributed by atoms with van der Waals surface area (Å²) >= 11 is 0. The van der Waals surface area contributed by atoms with Crippen molar-refractivity contribution in [3.05, 3.63) is 54.1 Å². The Bertz CT molecular complexity index is 1180. The van der Waals surface area contributed by atoms with Crippen LogP contribution < -0.4 is 15.5 Å². The van der Waals surface area contributed by atoms with E-state index in [0.717, 1.165) is 0 Å². The predicted octanol–water partition coefficient (Wildman–Crippen LogP) is 1.98. The molecule has 1 heterocycles. The summed E-state index contributed by atoms with van der Waals surface area (Å²) in [5.74, 6) is -2.35. The van der Waals surface area contributed by atoms with Crippen LogP contribution in [-0.4, -0.2) is 56.3 Å². The predicted molar refractivity (Wildman–Crippen MR) is 126 cm³/mol. The zero-order valence-corrected chi connectivity index (χ0v) is 19.6. The molecular formula is C23H25N3O7S. The van der Waals surface area contributed by atoms with Gasteiger partial charge in [-0.3, -0.25) is 14.4 Å². The lowest BCUT2D eigenvalue weighted by atomic mass is 10.1. The second-order valence-corrected chi connectivity index (χ2v) is 10.1. The number of carbonyl (C=O) groups is 4. The van der Waals surface area contributed by atoms with Crippen molar-refractivity contribution in [1.29, 1.82) is 0 Å². The lowest BCUT2D eigenvalue weighted by Crippen LogP contribution is -2.43. The number of anilines is 3. The van der Waals surface area contributed by atoms with Gasteiger partial charge in [0, 0.05) is 30.9 Å². The van der Waals surface area contributed by atoms with Gasteiger partial charge in [0.25, 0.3) is 5.91 Å². The largest absolute Gasteiger partial charge is 0.452 e. The molecule has 34 heavy (non-hydrogen) atoms. The molecule has 0 saturated carbocycles. The maximum absolute atomic E-state index is 13.0. The zero-order chi connectivity index (χ0) is 24.9. The van der Waals surface area contributed by atoms with Crippen molar-refractivity contribution in [2.45, 2.75) is 26.3 Å². The number of benzene rings is 2. The van der Waals surface area contributed by atoms with Crippen molar-refractivity contribution in [1.82, 2.24) is 0 Å². The fraction of sp³-hybridized carbons (Fsp3) is 0.304. The van der Waals surface area contributed by atoms with Crippen LogP contribution in [0.1, 0.15) is 30.6 Å². The number of ether oxygens (including phenoxy) is 1. The first-order valence-electron chi connectivity index (χ1n) is 10.5. The third kappa shape index (κ3) is 6.64. The van der Waals surface area contributed by atoms with Crippen molar-refractivity contribution in [3.63, 3.8) is 0 Å². The normalized spacial score (nSPS) is 16.4. The summed E-state index contributed by atoms with van der Waals surface area (Å²) in [6.07, 6.45) is 0.287. The molecule has 180 valence electrons. The van der Waals surface area contributed by atoms with Gasteiger partial charge in [-0.2, -0.15) is 0 Å². The van der Waals surface area contributed by atoms with Crippen molar-refractivity contribution >= 4 is 50.6 Å². The van der Waals surface area contributed by atoms with Crippen LogP contribution in [0.4, 0.5) is 17.1 Å². The second-order valence-electron chi connectivity index (χ2n) is 7.89. The first-order valence-corrected chi connectivity index (χ1v) is 12.3. The minimum absolute atomic E-state index is 0.0116. The average molecular weight is 488 g/mol. The summed E-state index contributed by atoms with van der Waals surface area (Å²) < 4.78 is 29.2. The highest BCUT2D eigenvalue weighted by Crippen LogP contribution is 2.25. The van der Waals surface area contributed by atoms with Gasteiger partial charge in [-0.25, -0.2) is 13.2 Å². The van der Waals surface area contributed by atoms with E-state index in [-0.39, 0.29) is 46.7 Å². The van der Waals surface area contributed by atoms with Crippen molar-refractivity contribution in [3.8, 4) is 0 Å². The van der Waals surface area contributed by atoms with Gasteiger partial charge in [0.05, 0.1) is 23.1 Å². The van der Waals surface area contributed by atoms with Gasteiger partial charge in [0.15, 0.2) is 16.4 Å². The summed E-state index contributed by atoms with van der Waals surface area (Å²) in [5, 5.41) is 5.07. The van der Waals surface area contributed by atoms with Crippen LogP contribution in [0.5, 0.6) is 0 Å². The molecule has 1 saturated heterocycles.